The molecule has 1 aliphatic carbocycles. The molecule has 1 saturated heterocycles. The van der Waals surface area contributed by atoms with Gasteiger partial charge in [0, 0.05) is 44.2 Å². The highest BCUT2D eigenvalue weighted by Crippen LogP contribution is 2.39. The fourth-order valence-corrected chi connectivity index (χ4v) is 6.21. The van der Waals surface area contributed by atoms with Gasteiger partial charge in [0.1, 0.15) is 19.0 Å². The number of aromatic nitrogens is 3. The van der Waals surface area contributed by atoms with E-state index in [-0.39, 0.29) is 18.5 Å². The first-order valence-electron chi connectivity index (χ1n) is 14.7. The number of nitrogens with two attached hydrogens (primary N) is 1. The molecule has 0 spiro atoms. The average molecular weight is 561 g/mol. The van der Waals surface area contributed by atoms with Gasteiger partial charge in [-0.15, -0.1) is 0 Å². The van der Waals surface area contributed by atoms with Crippen LogP contribution in [0.3, 0.4) is 0 Å². The Morgan fingerprint density at radius 2 is 2.15 bits per heavy atom. The molecule has 1 saturated carbocycles. The van der Waals surface area contributed by atoms with Crippen LogP contribution in [0.5, 0.6) is 5.75 Å². The van der Waals surface area contributed by atoms with Crippen molar-refractivity contribution in [2.75, 3.05) is 46.1 Å². The maximum absolute atomic E-state index is 13.3. The van der Waals surface area contributed by atoms with E-state index in [2.05, 4.69) is 32.7 Å². The highest BCUT2D eigenvalue weighted by molar-refractivity contribution is 6.01. The number of alkyl halides is 1. The van der Waals surface area contributed by atoms with Crippen LogP contribution in [0.4, 0.5) is 4.39 Å². The number of hydrogen-bond donors (Lipinski definition) is 2. The fourth-order valence-electron chi connectivity index (χ4n) is 6.21. The number of nitrogens with zero attached hydrogens (tertiary/aromatic N) is 4. The number of benzene rings is 2. The minimum absolute atomic E-state index is 0.105. The predicted octanol–water partition coefficient (Wildman–Crippen LogP) is 3.27. The number of morpholine rings is 1. The quantitative estimate of drug-likeness (QED) is 0.326. The Morgan fingerprint density at radius 3 is 2.93 bits per heavy atom. The number of hydrogen-bond acceptors (Lipinski definition) is 6. The predicted molar refractivity (Wildman–Crippen MR) is 156 cm³/mol. The molecule has 7 rings (SSSR count). The highest BCUT2D eigenvalue weighted by atomic mass is 19.1. The summed E-state index contributed by atoms with van der Waals surface area (Å²) in [6.45, 7) is 3.79. The first-order valence-corrected chi connectivity index (χ1v) is 14.7. The molecule has 3 N–H and O–H groups in total. The lowest BCUT2D eigenvalue weighted by molar-refractivity contribution is 0.0594. The molecule has 2 aliphatic heterocycles. The van der Waals surface area contributed by atoms with E-state index in [4.69, 9.17) is 20.2 Å². The summed E-state index contributed by atoms with van der Waals surface area (Å²) in [5.41, 5.74) is 11.3. The van der Waals surface area contributed by atoms with Crippen molar-refractivity contribution in [2.24, 2.45) is 18.7 Å². The van der Waals surface area contributed by atoms with Gasteiger partial charge in [-0.3, -0.25) is 4.79 Å². The van der Waals surface area contributed by atoms with Gasteiger partial charge in [0.05, 0.1) is 47.5 Å². The minimum atomic E-state index is -0.666. The summed E-state index contributed by atoms with van der Waals surface area (Å²) in [6.07, 6.45) is 3.16. The number of halogens is 1. The van der Waals surface area contributed by atoms with Crippen molar-refractivity contribution >= 4 is 27.8 Å². The summed E-state index contributed by atoms with van der Waals surface area (Å²) in [6, 6.07) is 11.9. The first-order chi connectivity index (χ1) is 20.0. The monoisotopic (exact) mass is 560 g/mol. The lowest BCUT2D eigenvalue weighted by Crippen LogP contribution is -2.45. The molecule has 41 heavy (non-hydrogen) atoms. The molecular weight excluding hydrogens is 523 g/mol. The molecule has 0 radical (unpaired) electrons. The third-order valence-electron chi connectivity index (χ3n) is 8.62. The van der Waals surface area contributed by atoms with Crippen molar-refractivity contribution in [1.82, 2.24) is 24.3 Å². The summed E-state index contributed by atoms with van der Waals surface area (Å²) >= 11 is 0. The molecule has 2 aromatic carbocycles. The molecule has 0 bridgehead atoms. The maximum atomic E-state index is 13.3. The van der Waals surface area contributed by atoms with E-state index in [1.54, 1.807) is 4.90 Å². The summed E-state index contributed by atoms with van der Waals surface area (Å²) in [7, 11) is 2.04. The third-order valence-corrected chi connectivity index (χ3v) is 8.62. The van der Waals surface area contributed by atoms with Gasteiger partial charge in [0.2, 0.25) is 0 Å². The zero-order valence-corrected chi connectivity index (χ0v) is 23.4. The number of imidazole rings is 1. The van der Waals surface area contributed by atoms with Gasteiger partial charge in [0.25, 0.3) is 5.91 Å². The van der Waals surface area contributed by atoms with Crippen molar-refractivity contribution in [2.45, 2.75) is 37.9 Å². The largest absolute Gasteiger partial charge is 0.490 e. The van der Waals surface area contributed by atoms with E-state index >= 15 is 0 Å². The molecule has 2 aromatic heterocycles. The topological polar surface area (TPSA) is 99.6 Å². The second-order valence-electron chi connectivity index (χ2n) is 11.7. The van der Waals surface area contributed by atoms with E-state index in [0.717, 1.165) is 64.5 Å². The Hall–Kier alpha value is -3.47. The van der Waals surface area contributed by atoms with Crippen LogP contribution >= 0.6 is 0 Å². The van der Waals surface area contributed by atoms with Crippen molar-refractivity contribution in [3.05, 3.63) is 47.5 Å². The van der Waals surface area contributed by atoms with E-state index in [0.29, 0.717) is 37.7 Å². The van der Waals surface area contributed by atoms with Crippen LogP contribution in [0.2, 0.25) is 0 Å². The summed E-state index contributed by atoms with van der Waals surface area (Å²) in [5, 5.41) is 4.59. The van der Waals surface area contributed by atoms with Crippen LogP contribution in [0, 0.1) is 5.92 Å². The van der Waals surface area contributed by atoms with Crippen LogP contribution in [-0.2, 0) is 24.8 Å². The van der Waals surface area contributed by atoms with E-state index in [1.807, 2.05) is 25.2 Å². The zero-order valence-electron chi connectivity index (χ0n) is 23.4. The van der Waals surface area contributed by atoms with Crippen molar-refractivity contribution in [1.29, 1.82) is 0 Å². The van der Waals surface area contributed by atoms with Crippen molar-refractivity contribution in [3.63, 3.8) is 0 Å². The number of carbonyl (C=O) groups excluding carboxylic acids is 1. The van der Waals surface area contributed by atoms with Gasteiger partial charge < -0.3 is 34.6 Å². The average Bonchev–Trinajstić information content (AvgIpc) is 3.67. The van der Waals surface area contributed by atoms with Gasteiger partial charge in [-0.2, -0.15) is 0 Å². The van der Waals surface area contributed by atoms with E-state index < -0.39 is 12.7 Å². The van der Waals surface area contributed by atoms with Crippen LogP contribution in [0.25, 0.3) is 33.5 Å². The Labute approximate surface area is 238 Å². The van der Waals surface area contributed by atoms with Crippen LogP contribution in [0.15, 0.2) is 36.4 Å². The Balaban J connectivity index is 1.27. The lowest BCUT2D eigenvalue weighted by atomic mass is 9.97. The lowest BCUT2D eigenvalue weighted by Gasteiger charge is -2.30. The van der Waals surface area contributed by atoms with E-state index in [1.165, 1.54) is 12.8 Å². The molecule has 2 atom stereocenters. The summed E-state index contributed by atoms with van der Waals surface area (Å²) in [4.78, 5) is 20.0. The highest BCUT2D eigenvalue weighted by Gasteiger charge is 2.29. The minimum Gasteiger partial charge on any atom is -0.490 e. The molecule has 9 nitrogen and oxygen atoms in total. The number of rotatable bonds is 9. The second kappa shape index (κ2) is 10.7. The van der Waals surface area contributed by atoms with Crippen LogP contribution in [0.1, 0.15) is 28.8 Å². The molecule has 4 aromatic rings. The van der Waals surface area contributed by atoms with Gasteiger partial charge in [-0.1, -0.05) is 12.1 Å². The van der Waals surface area contributed by atoms with Gasteiger partial charge in [-0.05, 0) is 55.0 Å². The van der Waals surface area contributed by atoms with Gasteiger partial charge in [-0.25, -0.2) is 9.37 Å². The Bertz CT molecular complexity index is 1600. The second-order valence-corrected chi connectivity index (χ2v) is 11.7. The Kier molecular flexibility index (Phi) is 6.92. The molecule has 1 amide bonds. The number of ether oxygens (including phenoxy) is 2. The molecule has 2 fully saturated rings. The Morgan fingerprint density at radius 1 is 1.27 bits per heavy atom. The number of aryl methyl sites for hydroxylation is 1. The zero-order chi connectivity index (χ0) is 28.1. The normalized spacial score (nSPS) is 20.1. The fraction of sp³-hybridized carbons (Fsp3) is 0.484. The third kappa shape index (κ3) is 4.98. The summed E-state index contributed by atoms with van der Waals surface area (Å²) in [5.74, 6) is 2.27. The number of nitrogens with one attached hydrogen (secondary N) is 1. The smallest absolute Gasteiger partial charge is 0.254 e. The molecule has 10 heteroatoms. The SMILES string of the molecule is Cn1c(-c2cc3cccc(OC[C@H]4COCCN4)c3n2CC2CC2)nc2cc3c(cc21)CCN(C[C@H](N)CF)C3=O. The molecule has 0 unspecified atom stereocenters. The number of fused-ring (bicyclic) bond motifs is 3. The van der Waals surface area contributed by atoms with Crippen molar-refractivity contribution in [3.8, 4) is 17.3 Å². The standard InChI is InChI=1S/C31H37FN6O3/c1-36-26-11-20-7-9-37(16-22(33)14-32)31(39)24(20)13-25(26)35-30(36)27-12-21-3-2-4-28(29(21)38(27)15-19-5-6-19)41-18-23-17-40-10-8-34-23/h2-4,11-13,19,22-23,34H,5-10,14-18,33H2,1H3/t22-,23-/m1/s1. The molecule has 3 aliphatic rings. The summed E-state index contributed by atoms with van der Waals surface area (Å²) < 4.78 is 29.6. The maximum Gasteiger partial charge on any atom is 0.254 e. The van der Waals surface area contributed by atoms with Gasteiger partial charge in [0.15, 0.2) is 5.82 Å². The number of amides is 1. The van der Waals surface area contributed by atoms with Crippen LogP contribution < -0.4 is 15.8 Å². The number of para-hydroxylation sites is 1. The molecule has 4 heterocycles. The van der Waals surface area contributed by atoms with E-state index in [9.17, 15) is 9.18 Å². The molecule has 216 valence electrons. The first kappa shape index (κ1) is 26.4. The molecular formula is C31H37FN6O3. The number of carbonyl (C=O) groups is 1. The van der Waals surface area contributed by atoms with Crippen molar-refractivity contribution < 1.29 is 18.7 Å². The van der Waals surface area contributed by atoms with Gasteiger partial charge >= 0.3 is 0 Å². The van der Waals surface area contributed by atoms with Crippen LogP contribution in [-0.4, -0.2) is 83.1 Å².